The number of esters is 1. The van der Waals surface area contributed by atoms with Crippen molar-refractivity contribution >= 4 is 23.3 Å². The van der Waals surface area contributed by atoms with Crippen LogP contribution in [0.2, 0.25) is 0 Å². The topological polar surface area (TPSA) is 72.9 Å². The maximum atomic E-state index is 12.4. The van der Waals surface area contributed by atoms with Crippen molar-refractivity contribution in [1.82, 2.24) is 0 Å². The first kappa shape index (κ1) is 18.6. The van der Waals surface area contributed by atoms with Crippen molar-refractivity contribution in [2.75, 3.05) is 18.1 Å². The van der Waals surface area contributed by atoms with E-state index in [1.54, 1.807) is 53.4 Å². The van der Waals surface area contributed by atoms with E-state index in [1.165, 1.54) is 6.92 Å². The minimum Gasteiger partial charge on any atom is -0.494 e. The second-order valence-corrected chi connectivity index (χ2v) is 6.33. The van der Waals surface area contributed by atoms with Crippen LogP contribution < -0.4 is 14.4 Å². The number of carbonyl (C=O) groups excluding carboxylic acids is 3. The van der Waals surface area contributed by atoms with Crippen LogP contribution in [0.3, 0.4) is 0 Å². The van der Waals surface area contributed by atoms with Crippen LogP contribution in [-0.4, -0.2) is 30.8 Å². The molecule has 3 rings (SSSR count). The molecule has 1 saturated heterocycles. The minimum atomic E-state index is -0.531. The monoisotopic (exact) mass is 367 g/mol. The summed E-state index contributed by atoms with van der Waals surface area (Å²) in [7, 11) is 0. The second-order valence-electron chi connectivity index (χ2n) is 6.33. The lowest BCUT2D eigenvalue weighted by molar-refractivity contribution is -0.139. The molecule has 1 atom stereocenters. The molecule has 2 aromatic rings. The van der Waals surface area contributed by atoms with Crippen molar-refractivity contribution in [3.8, 4) is 11.5 Å². The Morgan fingerprint density at radius 2 is 1.67 bits per heavy atom. The van der Waals surface area contributed by atoms with Gasteiger partial charge < -0.3 is 14.4 Å². The molecule has 27 heavy (non-hydrogen) atoms. The molecule has 0 N–H and O–H groups in total. The predicted octanol–water partition coefficient (Wildman–Crippen LogP) is 3.25. The van der Waals surface area contributed by atoms with Crippen LogP contribution in [0, 0.1) is 5.92 Å². The average molecular weight is 367 g/mol. The number of ketones is 1. The van der Waals surface area contributed by atoms with Gasteiger partial charge in [0.25, 0.3) is 0 Å². The summed E-state index contributed by atoms with van der Waals surface area (Å²) in [5, 5.41) is 0. The van der Waals surface area contributed by atoms with E-state index in [0.29, 0.717) is 17.9 Å². The molecule has 0 radical (unpaired) electrons. The zero-order valence-corrected chi connectivity index (χ0v) is 15.3. The summed E-state index contributed by atoms with van der Waals surface area (Å²) in [5.74, 6) is -0.0629. The second kappa shape index (κ2) is 8.03. The quantitative estimate of drug-likeness (QED) is 0.445. The van der Waals surface area contributed by atoms with Crippen LogP contribution in [0.1, 0.15) is 30.6 Å². The Labute approximate surface area is 157 Å². The van der Waals surface area contributed by atoms with Crippen LogP contribution >= 0.6 is 0 Å². The normalized spacial score (nSPS) is 16.3. The molecule has 1 aliphatic heterocycles. The third-order valence-corrected chi connectivity index (χ3v) is 4.40. The van der Waals surface area contributed by atoms with Crippen molar-refractivity contribution in [3.63, 3.8) is 0 Å². The van der Waals surface area contributed by atoms with Gasteiger partial charge in [-0.1, -0.05) is 0 Å². The standard InChI is InChI=1S/C21H21NO5/c1-3-26-18-10-6-17(7-11-18)22-13-16(12-20(22)24)21(25)27-19-8-4-15(5-9-19)14(2)23/h4-11,16H,3,12-13H2,1-2H3/t16-/m1/s1. The molecule has 2 aromatic carbocycles. The highest BCUT2D eigenvalue weighted by Gasteiger charge is 2.36. The first-order chi connectivity index (χ1) is 13.0. The molecule has 1 amide bonds. The van der Waals surface area contributed by atoms with E-state index in [0.717, 1.165) is 11.4 Å². The van der Waals surface area contributed by atoms with Crippen LogP contribution in [0.25, 0.3) is 0 Å². The molecule has 6 heteroatoms. The maximum absolute atomic E-state index is 12.4. The molecular weight excluding hydrogens is 346 g/mol. The van der Waals surface area contributed by atoms with Gasteiger partial charge in [0.05, 0.1) is 12.5 Å². The van der Waals surface area contributed by atoms with Gasteiger partial charge in [-0.3, -0.25) is 14.4 Å². The van der Waals surface area contributed by atoms with Gasteiger partial charge in [0.1, 0.15) is 11.5 Å². The number of amides is 1. The molecule has 6 nitrogen and oxygen atoms in total. The van der Waals surface area contributed by atoms with Gasteiger partial charge in [-0.2, -0.15) is 0 Å². The Balaban J connectivity index is 1.63. The van der Waals surface area contributed by atoms with Gasteiger partial charge in [0.15, 0.2) is 5.78 Å². The Morgan fingerprint density at radius 3 is 2.26 bits per heavy atom. The van der Waals surface area contributed by atoms with Crippen molar-refractivity contribution in [2.45, 2.75) is 20.3 Å². The number of rotatable bonds is 6. The number of ether oxygens (including phenoxy) is 2. The van der Waals surface area contributed by atoms with Crippen molar-refractivity contribution in [2.24, 2.45) is 5.92 Å². The van der Waals surface area contributed by atoms with E-state index in [-0.39, 0.29) is 24.7 Å². The molecule has 0 spiro atoms. The summed E-state index contributed by atoms with van der Waals surface area (Å²) >= 11 is 0. The lowest BCUT2D eigenvalue weighted by Gasteiger charge is -2.17. The van der Waals surface area contributed by atoms with E-state index in [4.69, 9.17) is 9.47 Å². The number of carbonyl (C=O) groups is 3. The number of nitrogens with zero attached hydrogens (tertiary/aromatic N) is 1. The zero-order valence-electron chi connectivity index (χ0n) is 15.3. The van der Waals surface area contributed by atoms with Crippen molar-refractivity contribution in [1.29, 1.82) is 0 Å². The molecule has 1 fully saturated rings. The molecule has 0 aliphatic carbocycles. The van der Waals surface area contributed by atoms with Crippen molar-refractivity contribution < 1.29 is 23.9 Å². The van der Waals surface area contributed by atoms with Gasteiger partial charge >= 0.3 is 5.97 Å². The molecule has 0 bridgehead atoms. The highest BCUT2D eigenvalue weighted by atomic mass is 16.5. The fourth-order valence-corrected chi connectivity index (χ4v) is 2.96. The highest BCUT2D eigenvalue weighted by Crippen LogP contribution is 2.28. The number of hydrogen-bond donors (Lipinski definition) is 0. The van der Waals surface area contributed by atoms with Crippen molar-refractivity contribution in [3.05, 3.63) is 54.1 Å². The molecule has 0 aromatic heterocycles. The molecule has 1 aliphatic rings. The summed E-state index contributed by atoms with van der Waals surface area (Å²) in [6.45, 7) is 4.23. The molecule has 140 valence electrons. The highest BCUT2D eigenvalue weighted by molar-refractivity contribution is 5.99. The van der Waals surface area contributed by atoms with Gasteiger partial charge in [0.2, 0.25) is 5.91 Å². The SMILES string of the molecule is CCOc1ccc(N2C[C@H](C(=O)Oc3ccc(C(C)=O)cc3)CC2=O)cc1. The summed E-state index contributed by atoms with van der Waals surface area (Å²) in [4.78, 5) is 37.6. The smallest absolute Gasteiger partial charge is 0.316 e. The van der Waals surface area contributed by atoms with Gasteiger partial charge in [-0.25, -0.2) is 0 Å². The van der Waals surface area contributed by atoms with Crippen LogP contribution in [0.15, 0.2) is 48.5 Å². The fourth-order valence-electron chi connectivity index (χ4n) is 2.96. The van der Waals surface area contributed by atoms with Crippen LogP contribution in [0.5, 0.6) is 11.5 Å². The first-order valence-electron chi connectivity index (χ1n) is 8.84. The number of Topliss-reactive ketones (excluding diaryl/α,β-unsaturated/α-hetero) is 1. The first-order valence-corrected chi connectivity index (χ1v) is 8.84. The lowest BCUT2D eigenvalue weighted by Crippen LogP contribution is -2.27. The van der Waals surface area contributed by atoms with E-state index in [1.807, 2.05) is 6.92 Å². The van der Waals surface area contributed by atoms with Crippen LogP contribution in [0.4, 0.5) is 5.69 Å². The molecule has 1 heterocycles. The largest absolute Gasteiger partial charge is 0.494 e. The number of anilines is 1. The summed E-state index contributed by atoms with van der Waals surface area (Å²) in [6.07, 6.45) is 0.109. The maximum Gasteiger partial charge on any atom is 0.316 e. The van der Waals surface area contributed by atoms with Crippen LogP contribution in [-0.2, 0) is 9.59 Å². The van der Waals surface area contributed by atoms with Gasteiger partial charge in [-0.05, 0) is 62.4 Å². The number of benzene rings is 2. The van der Waals surface area contributed by atoms with E-state index in [2.05, 4.69) is 0 Å². The van der Waals surface area contributed by atoms with E-state index >= 15 is 0 Å². The lowest BCUT2D eigenvalue weighted by atomic mass is 10.1. The van der Waals surface area contributed by atoms with Gasteiger partial charge in [0, 0.05) is 24.2 Å². The Morgan fingerprint density at radius 1 is 1.04 bits per heavy atom. The molecule has 0 unspecified atom stereocenters. The third-order valence-electron chi connectivity index (χ3n) is 4.40. The third kappa shape index (κ3) is 4.34. The average Bonchev–Trinajstić information content (AvgIpc) is 3.05. The minimum absolute atomic E-state index is 0.0553. The Bertz CT molecular complexity index is 842. The molecule has 0 saturated carbocycles. The summed E-state index contributed by atoms with van der Waals surface area (Å²) in [6, 6.07) is 13.6. The fraction of sp³-hybridized carbons (Fsp3) is 0.286. The van der Waals surface area contributed by atoms with E-state index in [9.17, 15) is 14.4 Å². The Hall–Kier alpha value is -3.15. The molecular formula is C21H21NO5. The van der Waals surface area contributed by atoms with Gasteiger partial charge in [-0.15, -0.1) is 0 Å². The summed E-state index contributed by atoms with van der Waals surface area (Å²) in [5.41, 5.74) is 1.28. The Kier molecular flexibility index (Phi) is 5.54. The summed E-state index contributed by atoms with van der Waals surface area (Å²) < 4.78 is 10.8. The van der Waals surface area contributed by atoms with E-state index < -0.39 is 11.9 Å². The zero-order chi connectivity index (χ0) is 19.4. The number of hydrogen-bond acceptors (Lipinski definition) is 5. The predicted molar refractivity (Wildman–Crippen MR) is 100 cm³/mol.